The molecule has 3 rings (SSSR count). The minimum absolute atomic E-state index is 0.00265. The van der Waals surface area contributed by atoms with Crippen molar-refractivity contribution in [2.24, 2.45) is 11.8 Å². The maximum Gasteiger partial charge on any atom is 0.223 e. The molecular weight excluding hydrogens is 340 g/mol. The highest BCUT2D eigenvalue weighted by molar-refractivity contribution is 5.79. The Bertz CT molecular complexity index is 759. The molecule has 0 bridgehead atoms. The van der Waals surface area contributed by atoms with Gasteiger partial charge in [0, 0.05) is 5.92 Å². The number of benzene rings is 2. The van der Waals surface area contributed by atoms with Gasteiger partial charge >= 0.3 is 0 Å². The van der Waals surface area contributed by atoms with Crippen molar-refractivity contribution in [3.05, 3.63) is 59.7 Å². The Morgan fingerprint density at radius 3 is 2.41 bits per heavy atom. The number of carbonyl (C=O) groups is 1. The van der Waals surface area contributed by atoms with Crippen LogP contribution in [0.5, 0.6) is 11.5 Å². The van der Waals surface area contributed by atoms with E-state index in [1.165, 1.54) is 0 Å². The molecule has 27 heavy (non-hydrogen) atoms. The second-order valence-corrected chi connectivity index (χ2v) is 7.07. The molecule has 2 aromatic rings. The summed E-state index contributed by atoms with van der Waals surface area (Å²) >= 11 is 0. The fourth-order valence-electron chi connectivity index (χ4n) is 3.36. The van der Waals surface area contributed by atoms with Crippen LogP contribution in [0.25, 0.3) is 0 Å². The summed E-state index contributed by atoms with van der Waals surface area (Å²) < 4.78 is 10.7. The molecule has 0 radical (unpaired) electrons. The third kappa shape index (κ3) is 4.61. The van der Waals surface area contributed by atoms with Crippen molar-refractivity contribution in [2.45, 2.75) is 19.4 Å². The van der Waals surface area contributed by atoms with Gasteiger partial charge in [-0.1, -0.05) is 43.3 Å². The molecule has 2 aromatic carbocycles. The van der Waals surface area contributed by atoms with Gasteiger partial charge in [-0.3, -0.25) is 4.79 Å². The highest BCUT2D eigenvalue weighted by Crippen LogP contribution is 2.30. The summed E-state index contributed by atoms with van der Waals surface area (Å²) in [5.74, 6) is 1.93. The molecule has 0 saturated carbocycles. The van der Waals surface area contributed by atoms with E-state index in [1.807, 2.05) is 43.3 Å². The number of hydrogen-bond donors (Lipinski definition) is 2. The topological polar surface area (TPSA) is 59.6 Å². The van der Waals surface area contributed by atoms with Gasteiger partial charge in [0.25, 0.3) is 0 Å². The number of rotatable bonds is 8. The molecule has 1 aliphatic rings. The van der Waals surface area contributed by atoms with Crippen LogP contribution in [0, 0.1) is 11.8 Å². The summed E-state index contributed by atoms with van der Waals surface area (Å²) in [6.45, 7) is 3.85. The van der Waals surface area contributed by atoms with Gasteiger partial charge in [-0.05, 0) is 48.7 Å². The molecule has 2 unspecified atom stereocenters. The highest BCUT2D eigenvalue weighted by Gasteiger charge is 2.30. The van der Waals surface area contributed by atoms with Crippen molar-refractivity contribution in [3.63, 3.8) is 0 Å². The number of hydrogen-bond acceptors (Lipinski definition) is 4. The third-order valence-corrected chi connectivity index (χ3v) is 5.34. The maximum atomic E-state index is 12.8. The predicted octanol–water partition coefficient (Wildman–Crippen LogP) is 2.96. The fourth-order valence-corrected chi connectivity index (χ4v) is 3.36. The SMILES string of the molecule is COc1ccc(CC(NC(=O)C(C)C2CNC2)c2ccccc2)cc1OC. The number of ether oxygens (including phenoxy) is 2. The summed E-state index contributed by atoms with van der Waals surface area (Å²) in [5.41, 5.74) is 2.18. The standard InChI is InChI=1S/C22H28N2O3/c1-15(18-13-23-14-18)22(25)24-19(17-7-5-4-6-8-17)11-16-9-10-20(26-2)21(12-16)27-3/h4-10,12,15,18-19,23H,11,13-14H2,1-3H3,(H,24,25). The second kappa shape index (κ2) is 8.91. The van der Waals surface area contributed by atoms with Crippen molar-refractivity contribution in [1.29, 1.82) is 0 Å². The van der Waals surface area contributed by atoms with Crippen molar-refractivity contribution in [3.8, 4) is 11.5 Å². The van der Waals surface area contributed by atoms with Crippen LogP contribution < -0.4 is 20.1 Å². The first-order valence-electron chi connectivity index (χ1n) is 9.39. The van der Waals surface area contributed by atoms with E-state index in [9.17, 15) is 4.79 Å². The Morgan fingerprint density at radius 1 is 1.11 bits per heavy atom. The normalized spacial score (nSPS) is 16.1. The molecule has 1 fully saturated rings. The van der Waals surface area contributed by atoms with Crippen LogP contribution in [0.3, 0.4) is 0 Å². The van der Waals surface area contributed by atoms with Crippen molar-refractivity contribution >= 4 is 5.91 Å². The van der Waals surface area contributed by atoms with Crippen LogP contribution in [0.15, 0.2) is 48.5 Å². The van der Waals surface area contributed by atoms with E-state index >= 15 is 0 Å². The zero-order valence-electron chi connectivity index (χ0n) is 16.2. The summed E-state index contributed by atoms with van der Waals surface area (Å²) in [6.07, 6.45) is 0.686. The fraction of sp³-hybridized carbons (Fsp3) is 0.409. The van der Waals surface area contributed by atoms with Crippen LogP contribution in [-0.2, 0) is 11.2 Å². The molecule has 144 valence electrons. The number of nitrogens with one attached hydrogen (secondary N) is 2. The van der Waals surface area contributed by atoms with Gasteiger partial charge in [-0.15, -0.1) is 0 Å². The van der Waals surface area contributed by atoms with Crippen LogP contribution in [0.2, 0.25) is 0 Å². The van der Waals surface area contributed by atoms with Gasteiger partial charge in [0.2, 0.25) is 5.91 Å². The first kappa shape index (κ1) is 19.2. The van der Waals surface area contributed by atoms with Crippen LogP contribution in [0.4, 0.5) is 0 Å². The number of methoxy groups -OCH3 is 2. The van der Waals surface area contributed by atoms with E-state index in [-0.39, 0.29) is 17.9 Å². The minimum Gasteiger partial charge on any atom is -0.493 e. The quantitative estimate of drug-likeness (QED) is 0.752. The van der Waals surface area contributed by atoms with Crippen LogP contribution >= 0.6 is 0 Å². The van der Waals surface area contributed by atoms with Gasteiger partial charge in [0.1, 0.15) is 0 Å². The third-order valence-electron chi connectivity index (χ3n) is 5.34. The summed E-state index contributed by atoms with van der Waals surface area (Å²) in [7, 11) is 3.26. The molecule has 2 atom stereocenters. The second-order valence-electron chi connectivity index (χ2n) is 7.07. The molecule has 1 heterocycles. The molecule has 0 aliphatic carbocycles. The predicted molar refractivity (Wildman–Crippen MR) is 106 cm³/mol. The summed E-state index contributed by atoms with van der Waals surface area (Å²) in [6, 6.07) is 15.9. The van der Waals surface area contributed by atoms with Gasteiger partial charge < -0.3 is 20.1 Å². The van der Waals surface area contributed by atoms with E-state index in [0.717, 1.165) is 24.2 Å². The summed E-state index contributed by atoms with van der Waals surface area (Å²) in [5, 5.41) is 6.50. The molecular formula is C22H28N2O3. The first-order chi connectivity index (χ1) is 13.1. The van der Waals surface area contributed by atoms with E-state index in [2.05, 4.69) is 22.8 Å². The molecule has 0 spiro atoms. The largest absolute Gasteiger partial charge is 0.493 e. The van der Waals surface area contributed by atoms with Crippen molar-refractivity contribution < 1.29 is 14.3 Å². The van der Waals surface area contributed by atoms with E-state index in [1.54, 1.807) is 14.2 Å². The monoisotopic (exact) mass is 368 g/mol. The Labute approximate surface area is 161 Å². The zero-order chi connectivity index (χ0) is 19.2. The molecule has 1 amide bonds. The summed E-state index contributed by atoms with van der Waals surface area (Å²) in [4.78, 5) is 12.8. The van der Waals surface area contributed by atoms with Gasteiger partial charge in [-0.2, -0.15) is 0 Å². The Morgan fingerprint density at radius 2 is 1.81 bits per heavy atom. The first-order valence-corrected chi connectivity index (χ1v) is 9.39. The van der Waals surface area contributed by atoms with Crippen molar-refractivity contribution in [1.82, 2.24) is 10.6 Å². The minimum atomic E-state index is -0.0905. The van der Waals surface area contributed by atoms with Gasteiger partial charge in [0.05, 0.1) is 20.3 Å². The Hall–Kier alpha value is -2.53. The molecule has 5 nitrogen and oxygen atoms in total. The van der Waals surface area contributed by atoms with Gasteiger partial charge in [0.15, 0.2) is 11.5 Å². The van der Waals surface area contributed by atoms with Crippen molar-refractivity contribution in [2.75, 3.05) is 27.3 Å². The average molecular weight is 368 g/mol. The lowest BCUT2D eigenvalue weighted by Gasteiger charge is -2.33. The zero-order valence-corrected chi connectivity index (χ0v) is 16.2. The lowest BCUT2D eigenvalue weighted by molar-refractivity contribution is -0.127. The number of carbonyl (C=O) groups excluding carboxylic acids is 1. The number of amides is 1. The molecule has 1 aliphatic heterocycles. The van der Waals surface area contributed by atoms with E-state index < -0.39 is 0 Å². The van der Waals surface area contributed by atoms with Crippen LogP contribution in [-0.4, -0.2) is 33.2 Å². The lowest BCUT2D eigenvalue weighted by Crippen LogP contribution is -2.50. The molecule has 2 N–H and O–H groups in total. The highest BCUT2D eigenvalue weighted by atomic mass is 16.5. The average Bonchev–Trinajstić information content (AvgIpc) is 2.66. The molecule has 1 saturated heterocycles. The molecule has 5 heteroatoms. The van der Waals surface area contributed by atoms with Crippen LogP contribution in [0.1, 0.15) is 24.1 Å². The van der Waals surface area contributed by atoms with E-state index in [4.69, 9.17) is 9.47 Å². The van der Waals surface area contributed by atoms with E-state index in [0.29, 0.717) is 23.8 Å². The smallest absolute Gasteiger partial charge is 0.223 e. The Balaban J connectivity index is 1.79. The van der Waals surface area contributed by atoms with Gasteiger partial charge in [-0.25, -0.2) is 0 Å². The Kier molecular flexibility index (Phi) is 6.35. The lowest BCUT2D eigenvalue weighted by atomic mass is 9.87. The molecule has 0 aromatic heterocycles. The maximum absolute atomic E-state index is 12.8.